The van der Waals surface area contributed by atoms with Gasteiger partial charge in [-0.3, -0.25) is 0 Å². The highest BCUT2D eigenvalue weighted by atomic mass is 79.9. The molecule has 7 heteroatoms. The highest BCUT2D eigenvalue weighted by Gasteiger charge is 2.12. The second kappa shape index (κ2) is 8.11. The smallest absolute Gasteiger partial charge is 0.241 e. The molecule has 4 nitrogen and oxygen atoms in total. The lowest BCUT2D eigenvalue weighted by atomic mass is 10.3. The summed E-state index contributed by atoms with van der Waals surface area (Å²) in [5.41, 5.74) is 0. The van der Waals surface area contributed by atoms with E-state index in [-0.39, 0.29) is 18.0 Å². The Morgan fingerprint density at radius 1 is 1.13 bits per heavy atom. The number of halogens is 2. The molecule has 0 atom stereocenters. The molecule has 0 aromatic heterocycles. The fraction of sp³-hybridized carbons (Fsp3) is 0.125. The largest absolute Gasteiger partial charge is 0.481 e. The number of rotatable bonds is 5. The summed E-state index contributed by atoms with van der Waals surface area (Å²) >= 11 is 3.33. The van der Waals surface area contributed by atoms with Crippen molar-refractivity contribution in [3.63, 3.8) is 0 Å². The van der Waals surface area contributed by atoms with Crippen molar-refractivity contribution >= 4 is 26.0 Å². The van der Waals surface area contributed by atoms with Crippen LogP contribution in [0.3, 0.4) is 0 Å². The van der Waals surface area contributed by atoms with E-state index in [0.29, 0.717) is 5.75 Å². The number of nitrogens with one attached hydrogen (secondary N) is 1. The van der Waals surface area contributed by atoms with Gasteiger partial charge >= 0.3 is 0 Å². The summed E-state index contributed by atoms with van der Waals surface area (Å²) in [6, 6.07) is 12.1. The van der Waals surface area contributed by atoms with Crippen molar-refractivity contribution in [1.29, 1.82) is 0 Å². The molecule has 0 saturated heterocycles. The van der Waals surface area contributed by atoms with Gasteiger partial charge in [-0.2, -0.15) is 4.72 Å². The van der Waals surface area contributed by atoms with Gasteiger partial charge < -0.3 is 4.74 Å². The second-order valence-electron chi connectivity index (χ2n) is 4.38. The molecule has 120 valence electrons. The van der Waals surface area contributed by atoms with Crippen LogP contribution in [0.2, 0.25) is 0 Å². The lowest BCUT2D eigenvalue weighted by molar-refractivity contribution is 0.370. The molecular weight excluding hydrogens is 385 g/mol. The van der Waals surface area contributed by atoms with Gasteiger partial charge in [-0.05, 0) is 36.4 Å². The monoisotopic (exact) mass is 397 g/mol. The van der Waals surface area contributed by atoms with Gasteiger partial charge in [-0.25, -0.2) is 12.8 Å². The maximum Gasteiger partial charge on any atom is 0.241 e. The maximum atomic E-state index is 13.0. The molecule has 0 bridgehead atoms. The van der Waals surface area contributed by atoms with Crippen molar-refractivity contribution < 1.29 is 17.5 Å². The third-order valence-corrected chi connectivity index (χ3v) is 4.58. The van der Waals surface area contributed by atoms with E-state index in [2.05, 4.69) is 32.5 Å². The number of ether oxygens (including phenoxy) is 1. The van der Waals surface area contributed by atoms with Crippen molar-refractivity contribution in [2.24, 2.45) is 0 Å². The van der Waals surface area contributed by atoms with Crippen LogP contribution in [0.5, 0.6) is 5.75 Å². The average Bonchev–Trinajstić information content (AvgIpc) is 2.51. The Hall–Kier alpha value is -1.88. The predicted octanol–water partition coefficient (Wildman–Crippen LogP) is 2.95. The molecule has 2 aromatic rings. The Kier molecular flexibility index (Phi) is 6.16. The van der Waals surface area contributed by atoms with Crippen LogP contribution < -0.4 is 9.46 Å². The average molecular weight is 398 g/mol. The van der Waals surface area contributed by atoms with Crippen molar-refractivity contribution in [2.75, 3.05) is 13.2 Å². The second-order valence-corrected chi connectivity index (χ2v) is 7.06. The SMILES string of the molecule is O=S(=O)(NCC#CCOc1cccc(Br)c1)c1cccc(F)c1. The molecule has 1 N–H and O–H groups in total. The molecule has 0 saturated carbocycles. The van der Waals surface area contributed by atoms with Crippen LogP contribution in [-0.2, 0) is 10.0 Å². The molecule has 0 spiro atoms. The van der Waals surface area contributed by atoms with E-state index in [1.165, 1.54) is 18.2 Å². The highest BCUT2D eigenvalue weighted by Crippen LogP contribution is 2.17. The van der Waals surface area contributed by atoms with Gasteiger partial charge in [-0.1, -0.05) is 39.9 Å². The molecule has 0 fully saturated rings. The quantitative estimate of drug-likeness (QED) is 0.789. The van der Waals surface area contributed by atoms with E-state index in [1.807, 2.05) is 12.1 Å². The summed E-state index contributed by atoms with van der Waals surface area (Å²) in [6.07, 6.45) is 0. The first-order valence-electron chi connectivity index (χ1n) is 6.57. The normalized spacial score (nSPS) is 10.7. The molecule has 0 radical (unpaired) electrons. The zero-order chi connectivity index (χ0) is 16.7. The van der Waals surface area contributed by atoms with Gasteiger partial charge in [-0.15, -0.1) is 0 Å². The number of benzene rings is 2. The van der Waals surface area contributed by atoms with Gasteiger partial charge in [0.25, 0.3) is 0 Å². The fourth-order valence-corrected chi connectivity index (χ4v) is 2.97. The molecule has 0 unspecified atom stereocenters. The Morgan fingerprint density at radius 3 is 2.65 bits per heavy atom. The van der Waals surface area contributed by atoms with E-state index in [9.17, 15) is 12.8 Å². The van der Waals surface area contributed by atoms with Crippen molar-refractivity contribution in [3.05, 3.63) is 58.8 Å². The van der Waals surface area contributed by atoms with Crippen LogP contribution in [0.25, 0.3) is 0 Å². The summed E-state index contributed by atoms with van der Waals surface area (Å²) in [6.45, 7) is 0.0544. The summed E-state index contributed by atoms with van der Waals surface area (Å²) in [4.78, 5) is -0.135. The van der Waals surface area contributed by atoms with Gasteiger partial charge in [0.2, 0.25) is 10.0 Å². The van der Waals surface area contributed by atoms with Gasteiger partial charge in [0.1, 0.15) is 18.2 Å². The van der Waals surface area contributed by atoms with Crippen molar-refractivity contribution in [1.82, 2.24) is 4.72 Å². The topological polar surface area (TPSA) is 55.4 Å². The lowest BCUT2D eigenvalue weighted by Gasteiger charge is -2.03. The first kappa shape index (κ1) is 17.5. The first-order valence-corrected chi connectivity index (χ1v) is 8.84. The molecule has 23 heavy (non-hydrogen) atoms. The highest BCUT2D eigenvalue weighted by molar-refractivity contribution is 9.10. The van der Waals surface area contributed by atoms with Crippen molar-refractivity contribution in [2.45, 2.75) is 4.90 Å². The van der Waals surface area contributed by atoms with E-state index in [0.717, 1.165) is 10.5 Å². The van der Waals surface area contributed by atoms with E-state index in [4.69, 9.17) is 4.74 Å². The van der Waals surface area contributed by atoms with Crippen LogP contribution in [0, 0.1) is 17.7 Å². The van der Waals surface area contributed by atoms with Crippen LogP contribution in [0.1, 0.15) is 0 Å². The zero-order valence-electron chi connectivity index (χ0n) is 11.9. The third-order valence-electron chi connectivity index (χ3n) is 2.69. The summed E-state index contributed by atoms with van der Waals surface area (Å²) in [5.74, 6) is 5.39. The molecule has 2 rings (SSSR count). The minimum absolute atomic E-state index is 0.0826. The van der Waals surface area contributed by atoms with Crippen LogP contribution in [0.15, 0.2) is 57.9 Å². The third kappa shape index (κ3) is 5.67. The van der Waals surface area contributed by atoms with Gasteiger partial charge in [0.05, 0.1) is 11.4 Å². The van der Waals surface area contributed by atoms with E-state index >= 15 is 0 Å². The molecule has 0 aliphatic heterocycles. The van der Waals surface area contributed by atoms with E-state index < -0.39 is 15.8 Å². The Morgan fingerprint density at radius 2 is 1.91 bits per heavy atom. The zero-order valence-corrected chi connectivity index (χ0v) is 14.3. The van der Waals surface area contributed by atoms with Crippen molar-refractivity contribution in [3.8, 4) is 17.6 Å². The minimum Gasteiger partial charge on any atom is -0.481 e. The molecule has 0 aliphatic rings. The molecular formula is C16H13BrFNO3S. The molecule has 2 aromatic carbocycles. The summed E-state index contributed by atoms with van der Waals surface area (Å²) < 4.78 is 45.4. The number of hydrogen-bond acceptors (Lipinski definition) is 3. The van der Waals surface area contributed by atoms with Gasteiger partial charge in [0.15, 0.2) is 0 Å². The summed E-state index contributed by atoms with van der Waals surface area (Å²) in [5, 5.41) is 0. The standard InChI is InChI=1S/C16H13BrFNO3S/c17-13-5-3-7-15(11-13)22-10-2-1-9-19-23(20,21)16-8-4-6-14(18)12-16/h3-8,11-12,19H,9-10H2. The Bertz CT molecular complexity index is 844. The Labute approximate surface area is 142 Å². The molecule has 0 amide bonds. The molecule has 0 heterocycles. The maximum absolute atomic E-state index is 13.0. The van der Waals surface area contributed by atoms with Gasteiger partial charge in [0, 0.05) is 4.47 Å². The number of sulfonamides is 1. The van der Waals surface area contributed by atoms with Crippen LogP contribution in [-0.4, -0.2) is 21.6 Å². The van der Waals surface area contributed by atoms with E-state index in [1.54, 1.807) is 12.1 Å². The number of hydrogen-bond donors (Lipinski definition) is 1. The minimum atomic E-state index is -3.77. The lowest BCUT2D eigenvalue weighted by Crippen LogP contribution is -2.24. The predicted molar refractivity (Wildman–Crippen MR) is 89.0 cm³/mol. The fourth-order valence-electron chi connectivity index (χ4n) is 1.64. The summed E-state index contributed by atoms with van der Waals surface area (Å²) in [7, 11) is -3.77. The Balaban J connectivity index is 1.83. The molecule has 0 aliphatic carbocycles. The van der Waals surface area contributed by atoms with Crippen LogP contribution in [0.4, 0.5) is 4.39 Å². The van der Waals surface area contributed by atoms with Crippen LogP contribution >= 0.6 is 15.9 Å². The first-order chi connectivity index (χ1) is 11.0.